The predicted octanol–water partition coefficient (Wildman–Crippen LogP) is 2.16. The Morgan fingerprint density at radius 3 is 2.55 bits per heavy atom. The van der Waals surface area contributed by atoms with Crippen LogP contribution >= 0.6 is 0 Å². The van der Waals surface area contributed by atoms with Crippen LogP contribution in [0.2, 0.25) is 0 Å². The van der Waals surface area contributed by atoms with Gasteiger partial charge in [-0.25, -0.2) is 24.2 Å². The van der Waals surface area contributed by atoms with Crippen molar-refractivity contribution in [3.05, 3.63) is 23.3 Å². The number of carbonyl (C=O) groups excluding carboxylic acids is 2. The molecule has 0 aromatic rings. The molecule has 6 nitrogen and oxygen atoms in total. The highest BCUT2D eigenvalue weighted by atomic mass is 17.2. The zero-order valence-corrected chi connectivity index (χ0v) is 11.6. The fraction of sp³-hybridized carbons (Fsp3) is 0.500. The first kappa shape index (κ1) is 15.9. The lowest BCUT2D eigenvalue weighted by Gasteiger charge is -2.25. The maximum Gasteiger partial charge on any atom is 0.462 e. The molecule has 1 rings (SSSR count). The fourth-order valence-electron chi connectivity index (χ4n) is 2.11. The molecule has 1 N–H and O–H groups in total. The van der Waals surface area contributed by atoms with Crippen LogP contribution in [0.1, 0.15) is 39.5 Å². The molecular formula is C14H18O6. The topological polar surface area (TPSA) is 89.9 Å². The standard InChI is InChI=1S/C14H18O6/c1-8(2)10-5-4-9(3)11(6-10)7-12(15)19-20-14(18)13(16)17/h10H,1,4-7H2,2-3H3,(H,16,17)/t10-/m1/s1. The van der Waals surface area contributed by atoms with E-state index in [0.717, 1.165) is 36.0 Å². The quantitative estimate of drug-likeness (QED) is 0.369. The first-order valence-corrected chi connectivity index (χ1v) is 6.28. The molecule has 1 aliphatic rings. The molecule has 0 fully saturated rings. The summed E-state index contributed by atoms with van der Waals surface area (Å²) < 4.78 is 0. The maximum absolute atomic E-state index is 11.5. The molecule has 0 amide bonds. The molecule has 0 unspecified atom stereocenters. The summed E-state index contributed by atoms with van der Waals surface area (Å²) in [5.74, 6) is -3.87. The van der Waals surface area contributed by atoms with Gasteiger partial charge in [0.05, 0.1) is 6.42 Å². The highest BCUT2D eigenvalue weighted by Crippen LogP contribution is 2.34. The van der Waals surface area contributed by atoms with Gasteiger partial charge in [0.25, 0.3) is 0 Å². The fourth-order valence-corrected chi connectivity index (χ4v) is 2.11. The molecule has 0 aromatic heterocycles. The SMILES string of the molecule is C=C(C)[C@@H]1CCC(C)=C(CC(=O)OOC(=O)C(=O)O)C1. The van der Waals surface area contributed by atoms with Crippen LogP contribution in [0.25, 0.3) is 0 Å². The molecule has 0 heterocycles. The average molecular weight is 282 g/mol. The highest BCUT2D eigenvalue weighted by Gasteiger charge is 2.23. The van der Waals surface area contributed by atoms with Crippen LogP contribution in [0.15, 0.2) is 23.3 Å². The van der Waals surface area contributed by atoms with Gasteiger partial charge in [0, 0.05) is 0 Å². The van der Waals surface area contributed by atoms with Crippen LogP contribution in [0, 0.1) is 5.92 Å². The number of allylic oxidation sites excluding steroid dienone is 2. The summed E-state index contributed by atoms with van der Waals surface area (Å²) in [5.41, 5.74) is 3.12. The van der Waals surface area contributed by atoms with Gasteiger partial charge >= 0.3 is 17.9 Å². The molecule has 0 saturated heterocycles. The van der Waals surface area contributed by atoms with Crippen molar-refractivity contribution in [1.82, 2.24) is 0 Å². The third-order valence-electron chi connectivity index (χ3n) is 3.40. The summed E-state index contributed by atoms with van der Waals surface area (Å²) in [5, 5.41) is 8.27. The summed E-state index contributed by atoms with van der Waals surface area (Å²) in [6.07, 6.45) is 2.61. The second kappa shape index (κ2) is 6.88. The van der Waals surface area contributed by atoms with Crippen LogP contribution in [-0.2, 0) is 24.2 Å². The van der Waals surface area contributed by atoms with E-state index in [-0.39, 0.29) is 6.42 Å². The third-order valence-corrected chi connectivity index (χ3v) is 3.40. The minimum Gasteiger partial charge on any atom is -0.473 e. The summed E-state index contributed by atoms with van der Waals surface area (Å²) in [7, 11) is 0. The van der Waals surface area contributed by atoms with Crippen LogP contribution in [-0.4, -0.2) is 23.0 Å². The van der Waals surface area contributed by atoms with E-state index in [9.17, 15) is 14.4 Å². The van der Waals surface area contributed by atoms with Crippen LogP contribution in [0.3, 0.4) is 0 Å². The molecule has 0 radical (unpaired) electrons. The first-order chi connectivity index (χ1) is 9.31. The predicted molar refractivity (Wildman–Crippen MR) is 69.3 cm³/mol. The molecular weight excluding hydrogens is 264 g/mol. The minimum atomic E-state index is -1.81. The summed E-state index contributed by atoms with van der Waals surface area (Å²) in [4.78, 5) is 40.4. The van der Waals surface area contributed by atoms with E-state index in [1.807, 2.05) is 13.8 Å². The second-order valence-electron chi connectivity index (χ2n) is 4.98. The Kier molecular flexibility index (Phi) is 5.49. The van der Waals surface area contributed by atoms with Crippen LogP contribution < -0.4 is 0 Å². The van der Waals surface area contributed by atoms with Crippen molar-refractivity contribution >= 4 is 17.9 Å². The van der Waals surface area contributed by atoms with Crippen molar-refractivity contribution in [1.29, 1.82) is 0 Å². The lowest BCUT2D eigenvalue weighted by atomic mass is 9.80. The van der Waals surface area contributed by atoms with Gasteiger partial charge < -0.3 is 5.11 Å². The Hall–Kier alpha value is -2.11. The van der Waals surface area contributed by atoms with Crippen molar-refractivity contribution in [2.45, 2.75) is 39.5 Å². The number of hydrogen-bond acceptors (Lipinski definition) is 5. The van der Waals surface area contributed by atoms with E-state index in [4.69, 9.17) is 5.11 Å². The van der Waals surface area contributed by atoms with Crippen molar-refractivity contribution in [3.8, 4) is 0 Å². The van der Waals surface area contributed by atoms with E-state index in [0.29, 0.717) is 5.92 Å². The molecule has 110 valence electrons. The van der Waals surface area contributed by atoms with Gasteiger partial charge in [-0.1, -0.05) is 23.3 Å². The molecule has 0 bridgehead atoms. The van der Waals surface area contributed by atoms with Gasteiger partial charge in [0.1, 0.15) is 0 Å². The second-order valence-corrected chi connectivity index (χ2v) is 4.98. The summed E-state index contributed by atoms with van der Waals surface area (Å²) >= 11 is 0. The summed E-state index contributed by atoms with van der Waals surface area (Å²) in [6, 6.07) is 0. The zero-order valence-electron chi connectivity index (χ0n) is 11.6. The van der Waals surface area contributed by atoms with Gasteiger partial charge in [-0.2, -0.15) is 0 Å². The number of rotatable bonds is 3. The Balaban J connectivity index is 2.54. The van der Waals surface area contributed by atoms with Crippen molar-refractivity contribution in [2.24, 2.45) is 5.92 Å². The van der Waals surface area contributed by atoms with Gasteiger partial charge in [-0.3, -0.25) is 0 Å². The van der Waals surface area contributed by atoms with Crippen LogP contribution in [0.4, 0.5) is 0 Å². The molecule has 0 aromatic carbocycles. The maximum atomic E-state index is 11.5. The highest BCUT2D eigenvalue weighted by molar-refractivity contribution is 6.28. The number of carbonyl (C=O) groups is 3. The Morgan fingerprint density at radius 1 is 1.35 bits per heavy atom. The first-order valence-electron chi connectivity index (χ1n) is 6.28. The zero-order chi connectivity index (χ0) is 15.3. The Bertz CT molecular complexity index is 474. The lowest BCUT2D eigenvalue weighted by molar-refractivity contribution is -0.258. The Morgan fingerprint density at radius 2 is 2.00 bits per heavy atom. The number of hydrogen-bond donors (Lipinski definition) is 1. The molecule has 20 heavy (non-hydrogen) atoms. The minimum absolute atomic E-state index is 0.0114. The largest absolute Gasteiger partial charge is 0.473 e. The normalized spacial score (nSPS) is 18.4. The third kappa shape index (κ3) is 4.53. The molecule has 0 saturated carbocycles. The van der Waals surface area contributed by atoms with E-state index in [1.165, 1.54) is 0 Å². The van der Waals surface area contributed by atoms with Gasteiger partial charge in [0.15, 0.2) is 0 Å². The van der Waals surface area contributed by atoms with E-state index < -0.39 is 17.9 Å². The number of carboxylic acid groups (broad SMARTS) is 1. The van der Waals surface area contributed by atoms with Crippen molar-refractivity contribution in [2.75, 3.05) is 0 Å². The van der Waals surface area contributed by atoms with Crippen LogP contribution in [0.5, 0.6) is 0 Å². The molecule has 0 spiro atoms. The average Bonchev–Trinajstić information content (AvgIpc) is 2.38. The van der Waals surface area contributed by atoms with Gasteiger partial charge in [-0.15, -0.1) is 0 Å². The molecule has 0 aliphatic heterocycles. The number of aliphatic carboxylic acids is 1. The van der Waals surface area contributed by atoms with Crippen molar-refractivity contribution < 1.29 is 29.3 Å². The molecule has 1 aliphatic carbocycles. The Labute approximate surface area is 117 Å². The van der Waals surface area contributed by atoms with E-state index >= 15 is 0 Å². The smallest absolute Gasteiger partial charge is 0.462 e. The molecule has 1 atom stereocenters. The van der Waals surface area contributed by atoms with E-state index in [1.54, 1.807) is 0 Å². The monoisotopic (exact) mass is 282 g/mol. The summed E-state index contributed by atoms with van der Waals surface area (Å²) in [6.45, 7) is 7.82. The van der Waals surface area contributed by atoms with Crippen molar-refractivity contribution in [3.63, 3.8) is 0 Å². The number of carboxylic acids is 1. The lowest BCUT2D eigenvalue weighted by Crippen LogP contribution is -2.20. The molecule has 6 heteroatoms. The van der Waals surface area contributed by atoms with Gasteiger partial charge in [-0.05, 0) is 39.0 Å². The van der Waals surface area contributed by atoms with E-state index in [2.05, 4.69) is 16.4 Å². The van der Waals surface area contributed by atoms with Gasteiger partial charge in [0.2, 0.25) is 0 Å².